The van der Waals surface area contributed by atoms with Crippen molar-refractivity contribution in [2.45, 2.75) is 52.0 Å². The normalized spacial score (nSPS) is 11.8. The van der Waals surface area contributed by atoms with E-state index in [0.29, 0.717) is 11.3 Å². The Kier molecular flexibility index (Phi) is 9.08. The number of carbonyl (C=O) groups excluding carboxylic acids is 2. The first-order valence-electron chi connectivity index (χ1n) is 8.55. The van der Waals surface area contributed by atoms with Crippen LogP contribution < -0.4 is 4.90 Å². The SMILES string of the molecule is CCCCCC[C@@H](C)N(C(=O)COC)c1ccccc1C(=O)OC. The highest BCUT2D eigenvalue weighted by molar-refractivity contribution is 6.03. The molecule has 0 aliphatic rings. The summed E-state index contributed by atoms with van der Waals surface area (Å²) in [5, 5.41) is 0. The van der Waals surface area contributed by atoms with Crippen LogP contribution in [0.25, 0.3) is 0 Å². The Balaban J connectivity index is 3.06. The van der Waals surface area contributed by atoms with Gasteiger partial charge in [-0.15, -0.1) is 0 Å². The van der Waals surface area contributed by atoms with Crippen LogP contribution in [0.5, 0.6) is 0 Å². The summed E-state index contributed by atoms with van der Waals surface area (Å²) in [7, 11) is 2.84. The molecule has 0 unspecified atom stereocenters. The van der Waals surface area contributed by atoms with Crippen LogP contribution >= 0.6 is 0 Å². The molecule has 1 rings (SSSR count). The second-order valence-electron chi connectivity index (χ2n) is 5.90. The summed E-state index contributed by atoms with van der Waals surface area (Å²) >= 11 is 0. The van der Waals surface area contributed by atoms with E-state index in [1.165, 1.54) is 27.1 Å². The van der Waals surface area contributed by atoms with Gasteiger partial charge in [-0.3, -0.25) is 4.79 Å². The molecule has 0 radical (unpaired) electrons. The molecule has 0 saturated heterocycles. The van der Waals surface area contributed by atoms with Gasteiger partial charge in [0.2, 0.25) is 0 Å². The van der Waals surface area contributed by atoms with Gasteiger partial charge in [-0.25, -0.2) is 4.79 Å². The van der Waals surface area contributed by atoms with Crippen LogP contribution in [0, 0.1) is 0 Å². The van der Waals surface area contributed by atoms with Gasteiger partial charge in [0.15, 0.2) is 0 Å². The first-order chi connectivity index (χ1) is 11.6. The Hall–Kier alpha value is -1.88. The second kappa shape index (κ2) is 10.8. The molecule has 0 aliphatic carbocycles. The number of amides is 1. The molecule has 0 spiro atoms. The topological polar surface area (TPSA) is 55.8 Å². The van der Waals surface area contributed by atoms with E-state index in [1.807, 2.05) is 13.0 Å². The molecule has 0 aliphatic heterocycles. The van der Waals surface area contributed by atoms with E-state index in [4.69, 9.17) is 9.47 Å². The highest BCUT2D eigenvalue weighted by atomic mass is 16.5. The third kappa shape index (κ3) is 5.64. The maximum absolute atomic E-state index is 12.6. The third-order valence-electron chi connectivity index (χ3n) is 4.02. The zero-order valence-electron chi connectivity index (χ0n) is 15.2. The molecule has 0 bridgehead atoms. The zero-order chi connectivity index (χ0) is 17.9. The molecular formula is C19H29NO4. The van der Waals surface area contributed by atoms with Crippen molar-refractivity contribution in [2.24, 2.45) is 0 Å². The second-order valence-corrected chi connectivity index (χ2v) is 5.90. The van der Waals surface area contributed by atoms with Crippen LogP contribution in [0.3, 0.4) is 0 Å². The lowest BCUT2D eigenvalue weighted by Crippen LogP contribution is -2.41. The van der Waals surface area contributed by atoms with Crippen molar-refractivity contribution in [3.05, 3.63) is 29.8 Å². The summed E-state index contributed by atoms with van der Waals surface area (Å²) in [4.78, 5) is 26.3. The van der Waals surface area contributed by atoms with E-state index in [-0.39, 0.29) is 18.6 Å². The van der Waals surface area contributed by atoms with Gasteiger partial charge in [-0.2, -0.15) is 0 Å². The average Bonchev–Trinajstić information content (AvgIpc) is 2.59. The smallest absolute Gasteiger partial charge is 0.339 e. The number of nitrogens with zero attached hydrogens (tertiary/aromatic N) is 1. The molecule has 1 amide bonds. The number of esters is 1. The minimum atomic E-state index is -0.445. The van der Waals surface area contributed by atoms with E-state index in [1.54, 1.807) is 23.1 Å². The molecular weight excluding hydrogens is 306 g/mol. The molecule has 5 nitrogen and oxygen atoms in total. The van der Waals surface area contributed by atoms with Crippen molar-refractivity contribution >= 4 is 17.6 Å². The highest BCUT2D eigenvalue weighted by Gasteiger charge is 2.26. The fraction of sp³-hybridized carbons (Fsp3) is 0.579. The van der Waals surface area contributed by atoms with E-state index in [9.17, 15) is 9.59 Å². The van der Waals surface area contributed by atoms with Crippen LogP contribution in [0.2, 0.25) is 0 Å². The predicted octanol–water partition coefficient (Wildman–Crippen LogP) is 3.81. The Morgan fingerprint density at radius 2 is 1.83 bits per heavy atom. The largest absolute Gasteiger partial charge is 0.465 e. The van der Waals surface area contributed by atoms with Crippen molar-refractivity contribution in [1.29, 1.82) is 0 Å². The molecule has 24 heavy (non-hydrogen) atoms. The van der Waals surface area contributed by atoms with Crippen LogP contribution in [0.4, 0.5) is 5.69 Å². The fourth-order valence-electron chi connectivity index (χ4n) is 2.77. The Bertz CT molecular complexity index is 530. The number of anilines is 1. The first-order valence-corrected chi connectivity index (χ1v) is 8.55. The fourth-order valence-corrected chi connectivity index (χ4v) is 2.77. The minimum absolute atomic E-state index is 0.0182. The molecule has 0 N–H and O–H groups in total. The molecule has 134 valence electrons. The van der Waals surface area contributed by atoms with Crippen molar-refractivity contribution in [3.63, 3.8) is 0 Å². The number of hydrogen-bond acceptors (Lipinski definition) is 4. The molecule has 1 aromatic rings. The first kappa shape index (κ1) is 20.2. The van der Waals surface area contributed by atoms with Crippen molar-refractivity contribution in [2.75, 3.05) is 25.7 Å². The summed E-state index contributed by atoms with van der Waals surface area (Å²) in [6.45, 7) is 4.16. The highest BCUT2D eigenvalue weighted by Crippen LogP contribution is 2.25. The lowest BCUT2D eigenvalue weighted by Gasteiger charge is -2.30. The molecule has 1 aromatic carbocycles. The number of unbranched alkanes of at least 4 members (excludes halogenated alkanes) is 3. The van der Waals surface area contributed by atoms with Crippen LogP contribution in [-0.4, -0.2) is 38.7 Å². The monoisotopic (exact) mass is 335 g/mol. The number of rotatable bonds is 10. The maximum Gasteiger partial charge on any atom is 0.339 e. The van der Waals surface area contributed by atoms with Gasteiger partial charge in [-0.1, -0.05) is 44.7 Å². The van der Waals surface area contributed by atoms with Gasteiger partial charge >= 0.3 is 5.97 Å². The van der Waals surface area contributed by atoms with Crippen molar-refractivity contribution < 1.29 is 19.1 Å². The number of ether oxygens (including phenoxy) is 2. The van der Waals surface area contributed by atoms with E-state index >= 15 is 0 Å². The number of para-hydroxylation sites is 1. The maximum atomic E-state index is 12.6. The van der Waals surface area contributed by atoms with Crippen LogP contribution in [0.1, 0.15) is 56.3 Å². The van der Waals surface area contributed by atoms with E-state index < -0.39 is 5.97 Å². The Labute approximate surface area is 144 Å². The van der Waals surface area contributed by atoms with Gasteiger partial charge < -0.3 is 14.4 Å². The molecule has 0 fully saturated rings. The number of carbonyl (C=O) groups is 2. The Morgan fingerprint density at radius 3 is 2.46 bits per heavy atom. The molecule has 0 saturated carbocycles. The van der Waals surface area contributed by atoms with E-state index in [2.05, 4.69) is 6.92 Å². The Morgan fingerprint density at radius 1 is 1.12 bits per heavy atom. The number of hydrogen-bond donors (Lipinski definition) is 0. The van der Waals surface area contributed by atoms with Crippen molar-refractivity contribution in [3.8, 4) is 0 Å². The van der Waals surface area contributed by atoms with Gasteiger partial charge in [0.05, 0.1) is 18.4 Å². The third-order valence-corrected chi connectivity index (χ3v) is 4.02. The number of benzene rings is 1. The molecule has 5 heteroatoms. The lowest BCUT2D eigenvalue weighted by molar-refractivity contribution is -0.122. The lowest BCUT2D eigenvalue weighted by atomic mass is 10.0. The summed E-state index contributed by atoms with van der Waals surface area (Å²) in [6, 6.07) is 7.02. The average molecular weight is 335 g/mol. The van der Waals surface area contributed by atoms with Gasteiger partial charge in [0, 0.05) is 13.2 Å². The predicted molar refractivity (Wildman–Crippen MR) is 95.4 cm³/mol. The van der Waals surface area contributed by atoms with Crippen LogP contribution in [0.15, 0.2) is 24.3 Å². The summed E-state index contributed by atoms with van der Waals surface area (Å²) in [5.41, 5.74) is 0.972. The summed E-state index contributed by atoms with van der Waals surface area (Å²) in [5.74, 6) is -0.601. The number of methoxy groups -OCH3 is 2. The van der Waals surface area contributed by atoms with E-state index in [0.717, 1.165) is 19.3 Å². The van der Waals surface area contributed by atoms with Gasteiger partial charge in [0.25, 0.3) is 5.91 Å². The standard InChI is InChI=1S/C19H29NO4/c1-5-6-7-8-11-15(2)20(18(21)14-23-3)17-13-10-9-12-16(17)19(22)24-4/h9-10,12-13,15H,5-8,11,14H2,1-4H3/t15-/m1/s1. The molecule has 1 atom stereocenters. The minimum Gasteiger partial charge on any atom is -0.465 e. The summed E-state index contributed by atoms with van der Waals surface area (Å²) in [6.07, 6.45) is 5.44. The van der Waals surface area contributed by atoms with Crippen molar-refractivity contribution in [1.82, 2.24) is 0 Å². The molecule has 0 aromatic heterocycles. The van der Waals surface area contributed by atoms with Gasteiger partial charge in [0.1, 0.15) is 6.61 Å². The summed E-state index contributed by atoms with van der Waals surface area (Å²) < 4.78 is 9.87. The molecule has 0 heterocycles. The quantitative estimate of drug-likeness (QED) is 0.482. The van der Waals surface area contributed by atoms with Gasteiger partial charge in [-0.05, 0) is 25.5 Å². The van der Waals surface area contributed by atoms with Crippen LogP contribution in [-0.2, 0) is 14.3 Å². The zero-order valence-corrected chi connectivity index (χ0v) is 15.2.